The Balaban J connectivity index is 2.37. The highest BCUT2D eigenvalue weighted by atomic mass is 19.3. The molecule has 0 bridgehead atoms. The number of aromatic carboxylic acids is 1. The lowest BCUT2D eigenvalue weighted by molar-refractivity contribution is 0.0675. The Bertz CT molecular complexity index is 523. The minimum Gasteiger partial charge on any atom is -0.476 e. The fraction of sp³-hybridized carbons (Fsp3) is 0.250. The Morgan fingerprint density at radius 2 is 2.35 bits per heavy atom. The molecule has 0 unspecified atom stereocenters. The van der Waals surface area contributed by atoms with Crippen LogP contribution in [0.1, 0.15) is 28.4 Å². The lowest BCUT2D eigenvalue weighted by Crippen LogP contribution is -2.09. The van der Waals surface area contributed by atoms with Crippen LogP contribution in [-0.2, 0) is 6.54 Å². The number of carbonyl (C=O) groups is 1. The van der Waals surface area contributed by atoms with E-state index >= 15 is 0 Å². The molecule has 1 N–H and O–H groups in total. The molecule has 17 heavy (non-hydrogen) atoms. The van der Waals surface area contributed by atoms with E-state index in [-0.39, 0.29) is 12.3 Å². The summed E-state index contributed by atoms with van der Waals surface area (Å²) in [5.74, 6) is -1.28. The van der Waals surface area contributed by atoms with Crippen molar-refractivity contribution in [1.29, 1.82) is 0 Å². The lowest BCUT2D eigenvalue weighted by Gasteiger charge is -2.03. The fourth-order valence-corrected chi connectivity index (χ4v) is 1.28. The summed E-state index contributed by atoms with van der Waals surface area (Å²) in [4.78, 5) is 10.7. The molecule has 2 aromatic rings. The van der Waals surface area contributed by atoms with E-state index in [1.165, 1.54) is 12.3 Å². The molecule has 2 aromatic heterocycles. The summed E-state index contributed by atoms with van der Waals surface area (Å²) in [6.07, 6.45) is -1.65. The molecule has 2 rings (SSSR count). The van der Waals surface area contributed by atoms with Crippen LogP contribution >= 0.6 is 0 Å². The molecule has 0 saturated heterocycles. The zero-order valence-corrected chi connectivity index (χ0v) is 8.25. The molecule has 0 saturated carbocycles. The second-order valence-corrected chi connectivity index (χ2v) is 3.07. The van der Waals surface area contributed by atoms with E-state index < -0.39 is 23.8 Å². The molecule has 2 heterocycles. The quantitative estimate of drug-likeness (QED) is 0.860. The minimum absolute atomic E-state index is 0.153. The average molecular weight is 244 g/mol. The van der Waals surface area contributed by atoms with Crippen LogP contribution in [0.4, 0.5) is 8.78 Å². The first-order valence-electron chi connectivity index (χ1n) is 4.44. The zero-order chi connectivity index (χ0) is 12.4. The second kappa shape index (κ2) is 4.28. The molecular formula is C8H6F2N4O3. The van der Waals surface area contributed by atoms with Gasteiger partial charge in [-0.3, -0.25) is 0 Å². The Hall–Kier alpha value is -2.32. The molecule has 0 radical (unpaired) electrons. The van der Waals surface area contributed by atoms with E-state index in [2.05, 4.69) is 15.5 Å². The van der Waals surface area contributed by atoms with E-state index in [9.17, 15) is 13.6 Å². The van der Waals surface area contributed by atoms with Gasteiger partial charge in [0.1, 0.15) is 12.2 Å². The van der Waals surface area contributed by atoms with Crippen molar-refractivity contribution in [2.24, 2.45) is 0 Å². The summed E-state index contributed by atoms with van der Waals surface area (Å²) in [6.45, 7) is -0.153. The Morgan fingerprint density at radius 1 is 1.59 bits per heavy atom. The normalized spacial score (nSPS) is 11.0. The van der Waals surface area contributed by atoms with Gasteiger partial charge in [-0.2, -0.15) is 0 Å². The van der Waals surface area contributed by atoms with Crippen molar-refractivity contribution in [2.45, 2.75) is 13.0 Å². The van der Waals surface area contributed by atoms with E-state index in [1.54, 1.807) is 0 Å². The van der Waals surface area contributed by atoms with Gasteiger partial charge in [-0.25, -0.2) is 18.3 Å². The standard InChI is InChI=1S/C8H6F2N4O3/c9-7(10)6-5(8(15)16)12-13-14(6)3-4-1-2-11-17-4/h1-2,7H,3H2,(H,15,16). The van der Waals surface area contributed by atoms with Gasteiger partial charge >= 0.3 is 5.97 Å². The maximum Gasteiger partial charge on any atom is 0.358 e. The van der Waals surface area contributed by atoms with E-state index in [4.69, 9.17) is 9.63 Å². The predicted molar refractivity (Wildman–Crippen MR) is 47.5 cm³/mol. The van der Waals surface area contributed by atoms with Crippen molar-refractivity contribution in [2.75, 3.05) is 0 Å². The van der Waals surface area contributed by atoms with E-state index in [1.807, 2.05) is 0 Å². The van der Waals surface area contributed by atoms with Gasteiger partial charge in [-0.1, -0.05) is 10.4 Å². The first-order valence-corrected chi connectivity index (χ1v) is 4.44. The van der Waals surface area contributed by atoms with Crippen LogP contribution in [0.5, 0.6) is 0 Å². The number of alkyl halides is 2. The maximum absolute atomic E-state index is 12.7. The summed E-state index contributed by atoms with van der Waals surface area (Å²) in [5, 5.41) is 18.6. The first-order chi connectivity index (χ1) is 8.09. The van der Waals surface area contributed by atoms with Crippen molar-refractivity contribution < 1.29 is 23.2 Å². The van der Waals surface area contributed by atoms with Gasteiger partial charge < -0.3 is 9.63 Å². The van der Waals surface area contributed by atoms with Gasteiger partial charge in [0.25, 0.3) is 6.43 Å². The molecule has 0 amide bonds. The molecule has 0 fully saturated rings. The van der Waals surface area contributed by atoms with Gasteiger partial charge in [-0.15, -0.1) is 5.10 Å². The largest absolute Gasteiger partial charge is 0.476 e. The lowest BCUT2D eigenvalue weighted by atomic mass is 10.3. The zero-order valence-electron chi connectivity index (χ0n) is 8.25. The molecule has 7 nitrogen and oxygen atoms in total. The summed E-state index contributed by atoms with van der Waals surface area (Å²) in [5.41, 5.74) is -1.52. The van der Waals surface area contributed by atoms with Gasteiger partial charge in [-0.05, 0) is 0 Å². The van der Waals surface area contributed by atoms with Crippen LogP contribution in [0, 0.1) is 0 Å². The average Bonchev–Trinajstić information content (AvgIpc) is 2.86. The summed E-state index contributed by atoms with van der Waals surface area (Å²) < 4.78 is 30.9. The molecule has 0 aliphatic heterocycles. The number of rotatable bonds is 4. The Morgan fingerprint density at radius 3 is 2.88 bits per heavy atom. The fourth-order valence-electron chi connectivity index (χ4n) is 1.28. The molecule has 90 valence electrons. The molecule has 0 atom stereocenters. The number of carboxylic acid groups (broad SMARTS) is 1. The van der Waals surface area contributed by atoms with Crippen molar-refractivity contribution in [3.8, 4) is 0 Å². The number of nitrogens with zero attached hydrogens (tertiary/aromatic N) is 4. The van der Waals surface area contributed by atoms with Gasteiger partial charge in [0.2, 0.25) is 0 Å². The summed E-state index contributed by atoms with van der Waals surface area (Å²) in [7, 11) is 0. The smallest absolute Gasteiger partial charge is 0.358 e. The van der Waals surface area contributed by atoms with Crippen molar-refractivity contribution >= 4 is 5.97 Å². The van der Waals surface area contributed by atoms with Gasteiger partial charge in [0.05, 0.1) is 6.20 Å². The third-order valence-electron chi connectivity index (χ3n) is 1.98. The van der Waals surface area contributed by atoms with E-state index in [0.717, 1.165) is 4.68 Å². The Kier molecular flexibility index (Phi) is 2.81. The van der Waals surface area contributed by atoms with Crippen LogP contribution in [0.15, 0.2) is 16.8 Å². The van der Waals surface area contributed by atoms with Crippen LogP contribution in [0.25, 0.3) is 0 Å². The third kappa shape index (κ3) is 2.12. The highest BCUT2D eigenvalue weighted by molar-refractivity contribution is 5.86. The number of halogens is 2. The molecule has 0 aromatic carbocycles. The van der Waals surface area contributed by atoms with Crippen LogP contribution in [0.2, 0.25) is 0 Å². The summed E-state index contributed by atoms with van der Waals surface area (Å²) in [6, 6.07) is 1.46. The van der Waals surface area contributed by atoms with Crippen molar-refractivity contribution in [1.82, 2.24) is 20.2 Å². The first kappa shape index (κ1) is 11.2. The molecular weight excluding hydrogens is 238 g/mol. The Labute approximate surface area is 92.6 Å². The highest BCUT2D eigenvalue weighted by Gasteiger charge is 2.26. The van der Waals surface area contributed by atoms with Crippen molar-refractivity contribution in [3.05, 3.63) is 29.4 Å². The van der Waals surface area contributed by atoms with Crippen LogP contribution < -0.4 is 0 Å². The van der Waals surface area contributed by atoms with Gasteiger partial charge in [0, 0.05) is 6.07 Å². The monoisotopic (exact) mass is 244 g/mol. The number of hydrogen-bond donors (Lipinski definition) is 1. The second-order valence-electron chi connectivity index (χ2n) is 3.07. The predicted octanol–water partition coefficient (Wildman–Crippen LogP) is 0.950. The highest BCUT2D eigenvalue weighted by Crippen LogP contribution is 2.22. The maximum atomic E-state index is 12.7. The van der Waals surface area contributed by atoms with Crippen LogP contribution in [0.3, 0.4) is 0 Å². The number of aromatic nitrogens is 4. The van der Waals surface area contributed by atoms with E-state index in [0.29, 0.717) is 0 Å². The van der Waals surface area contributed by atoms with Crippen LogP contribution in [-0.4, -0.2) is 31.2 Å². The summed E-state index contributed by atoms with van der Waals surface area (Å²) >= 11 is 0. The molecule has 0 aliphatic rings. The molecule has 0 aliphatic carbocycles. The topological polar surface area (TPSA) is 94.0 Å². The minimum atomic E-state index is -2.99. The number of hydrogen-bond acceptors (Lipinski definition) is 5. The SMILES string of the molecule is O=C(O)c1nnn(Cc2ccno2)c1C(F)F. The number of carboxylic acids is 1. The van der Waals surface area contributed by atoms with Crippen molar-refractivity contribution in [3.63, 3.8) is 0 Å². The third-order valence-corrected chi connectivity index (χ3v) is 1.98. The molecule has 0 spiro atoms. The molecule has 9 heteroatoms. The van der Waals surface area contributed by atoms with Gasteiger partial charge in [0.15, 0.2) is 11.5 Å².